The first-order chi connectivity index (χ1) is 9.53. The molecule has 1 aromatic heterocycles. The van der Waals surface area contributed by atoms with Gasteiger partial charge in [0, 0.05) is 26.1 Å². The Labute approximate surface area is 121 Å². The molecule has 6 heteroatoms. The summed E-state index contributed by atoms with van der Waals surface area (Å²) < 4.78 is 42.3. The molecule has 0 unspecified atom stereocenters. The largest absolute Gasteiger partial charge is 0.389 e. The maximum atomic E-state index is 12.2. The van der Waals surface area contributed by atoms with Gasteiger partial charge in [-0.3, -0.25) is 4.90 Å². The fourth-order valence-corrected chi connectivity index (χ4v) is 3.11. The third-order valence-electron chi connectivity index (χ3n) is 3.41. The number of rotatable bonds is 7. The van der Waals surface area contributed by atoms with E-state index in [1.807, 2.05) is 16.8 Å². The fraction of sp³-hybridized carbons (Fsp3) is 0.714. The summed E-state index contributed by atoms with van der Waals surface area (Å²) in [6, 6.07) is 2.02. The van der Waals surface area contributed by atoms with Crippen LogP contribution in [-0.2, 0) is 11.3 Å². The van der Waals surface area contributed by atoms with Gasteiger partial charge in [-0.05, 0) is 48.2 Å². The first-order valence-corrected chi connectivity index (χ1v) is 7.89. The summed E-state index contributed by atoms with van der Waals surface area (Å²) in [5.41, 5.74) is 1.17. The van der Waals surface area contributed by atoms with Crippen LogP contribution in [0.5, 0.6) is 0 Å². The van der Waals surface area contributed by atoms with E-state index in [9.17, 15) is 13.2 Å². The van der Waals surface area contributed by atoms with Crippen molar-refractivity contribution in [2.24, 2.45) is 0 Å². The molecular formula is C14H20F3NOS. The molecule has 114 valence electrons. The summed E-state index contributed by atoms with van der Waals surface area (Å²) in [5.74, 6) is 0. The second kappa shape index (κ2) is 7.43. The molecule has 0 saturated carbocycles. The molecule has 2 rings (SSSR count). The lowest BCUT2D eigenvalue weighted by atomic mass is 10.2. The predicted molar refractivity (Wildman–Crippen MR) is 73.9 cm³/mol. The quantitative estimate of drug-likeness (QED) is 0.753. The molecule has 0 spiro atoms. The number of ether oxygens (including phenoxy) is 1. The highest BCUT2D eigenvalue weighted by Crippen LogP contribution is 2.22. The van der Waals surface area contributed by atoms with Crippen LogP contribution < -0.4 is 0 Å². The normalized spacial score (nSPS) is 19.9. The van der Waals surface area contributed by atoms with Crippen molar-refractivity contribution in [3.63, 3.8) is 0 Å². The van der Waals surface area contributed by atoms with Crippen LogP contribution >= 0.6 is 11.3 Å². The highest BCUT2D eigenvalue weighted by atomic mass is 32.1. The van der Waals surface area contributed by atoms with E-state index < -0.39 is 12.6 Å². The molecule has 2 nitrogen and oxygen atoms in total. The van der Waals surface area contributed by atoms with Crippen molar-refractivity contribution in [3.05, 3.63) is 22.4 Å². The number of alkyl halides is 3. The van der Waals surface area contributed by atoms with E-state index >= 15 is 0 Å². The van der Waals surface area contributed by atoms with E-state index in [0.717, 1.165) is 26.0 Å². The first kappa shape index (κ1) is 15.8. The van der Waals surface area contributed by atoms with Crippen molar-refractivity contribution >= 4 is 11.3 Å². The average Bonchev–Trinajstić information content (AvgIpc) is 3.00. The van der Waals surface area contributed by atoms with Gasteiger partial charge in [-0.1, -0.05) is 0 Å². The second-order valence-corrected chi connectivity index (χ2v) is 6.00. The molecule has 1 aromatic rings. The number of hydrogen-bond donors (Lipinski definition) is 0. The monoisotopic (exact) mass is 307 g/mol. The van der Waals surface area contributed by atoms with Crippen molar-refractivity contribution in [1.29, 1.82) is 0 Å². The van der Waals surface area contributed by atoms with Crippen LogP contribution in [0.1, 0.15) is 31.2 Å². The van der Waals surface area contributed by atoms with Crippen LogP contribution in [0.25, 0.3) is 0 Å². The molecule has 0 aliphatic carbocycles. The van der Waals surface area contributed by atoms with Crippen molar-refractivity contribution < 1.29 is 17.9 Å². The van der Waals surface area contributed by atoms with Gasteiger partial charge in [-0.25, -0.2) is 0 Å². The van der Waals surface area contributed by atoms with Crippen molar-refractivity contribution in [1.82, 2.24) is 4.90 Å². The predicted octanol–water partition coefficient (Wildman–Crippen LogP) is 4.07. The lowest BCUT2D eigenvalue weighted by Crippen LogP contribution is -2.33. The van der Waals surface area contributed by atoms with Gasteiger partial charge in [0.25, 0.3) is 0 Å². The van der Waals surface area contributed by atoms with E-state index in [4.69, 9.17) is 4.74 Å². The van der Waals surface area contributed by atoms with E-state index in [-0.39, 0.29) is 12.5 Å². The van der Waals surface area contributed by atoms with Gasteiger partial charge in [0.05, 0.1) is 6.10 Å². The zero-order valence-electron chi connectivity index (χ0n) is 11.4. The van der Waals surface area contributed by atoms with Crippen molar-refractivity contribution in [2.75, 3.05) is 19.7 Å². The topological polar surface area (TPSA) is 12.5 Å². The van der Waals surface area contributed by atoms with Gasteiger partial charge >= 0.3 is 6.18 Å². The van der Waals surface area contributed by atoms with Crippen molar-refractivity contribution in [3.8, 4) is 0 Å². The average molecular weight is 307 g/mol. The Morgan fingerprint density at radius 2 is 2.25 bits per heavy atom. The SMILES string of the molecule is FC(F)(F)CCCN(Cc1ccsc1)C[C@H]1CCCO1. The van der Waals surface area contributed by atoms with Gasteiger partial charge in [-0.2, -0.15) is 24.5 Å². The number of hydrogen-bond acceptors (Lipinski definition) is 3. The molecule has 1 atom stereocenters. The lowest BCUT2D eigenvalue weighted by Gasteiger charge is -2.25. The summed E-state index contributed by atoms with van der Waals surface area (Å²) >= 11 is 1.61. The molecule has 0 radical (unpaired) electrons. The Hall–Kier alpha value is -0.590. The van der Waals surface area contributed by atoms with Gasteiger partial charge in [0.15, 0.2) is 0 Å². The van der Waals surface area contributed by atoms with Gasteiger partial charge in [0.1, 0.15) is 0 Å². The Morgan fingerprint density at radius 3 is 2.85 bits per heavy atom. The molecule has 20 heavy (non-hydrogen) atoms. The Balaban J connectivity index is 1.82. The summed E-state index contributed by atoms with van der Waals surface area (Å²) in [4.78, 5) is 2.09. The van der Waals surface area contributed by atoms with Crippen molar-refractivity contribution in [2.45, 2.75) is 44.5 Å². The molecule has 2 heterocycles. The molecule has 0 N–H and O–H groups in total. The number of nitrogens with zero attached hydrogens (tertiary/aromatic N) is 1. The minimum atomic E-state index is -4.06. The summed E-state index contributed by atoms with van der Waals surface area (Å²) in [5, 5.41) is 4.04. The van der Waals surface area contributed by atoms with Gasteiger partial charge in [0.2, 0.25) is 0 Å². The fourth-order valence-electron chi connectivity index (χ4n) is 2.46. The minimum Gasteiger partial charge on any atom is -0.377 e. The molecule has 0 aromatic carbocycles. The summed E-state index contributed by atoms with van der Waals surface area (Å²) in [6.07, 6.45) is -2.37. The minimum absolute atomic E-state index is 0.153. The van der Waals surface area contributed by atoms with E-state index in [0.29, 0.717) is 13.1 Å². The summed E-state index contributed by atoms with van der Waals surface area (Å²) in [7, 11) is 0. The zero-order chi connectivity index (χ0) is 14.4. The summed E-state index contributed by atoms with van der Waals surface area (Å²) in [6.45, 7) is 2.68. The van der Waals surface area contributed by atoms with E-state index in [2.05, 4.69) is 4.90 Å². The third-order valence-corrected chi connectivity index (χ3v) is 4.14. The number of thiophene rings is 1. The molecule has 1 saturated heterocycles. The standard InChI is InChI=1S/C14H20F3NOS/c15-14(16,17)5-2-6-18(9-12-4-8-20-11-12)10-13-3-1-7-19-13/h4,8,11,13H,1-3,5-7,9-10H2/t13-/m1/s1. The highest BCUT2D eigenvalue weighted by molar-refractivity contribution is 7.07. The maximum absolute atomic E-state index is 12.2. The molecule has 1 aliphatic heterocycles. The highest BCUT2D eigenvalue weighted by Gasteiger charge is 2.27. The Kier molecular flexibility index (Phi) is 5.86. The molecule has 1 aliphatic rings. The number of halogens is 3. The van der Waals surface area contributed by atoms with Gasteiger partial charge < -0.3 is 4.74 Å². The first-order valence-electron chi connectivity index (χ1n) is 6.95. The third kappa shape index (κ3) is 5.81. The molecule has 0 bridgehead atoms. The smallest absolute Gasteiger partial charge is 0.377 e. The van der Waals surface area contributed by atoms with Crippen LogP contribution in [-0.4, -0.2) is 36.9 Å². The second-order valence-electron chi connectivity index (χ2n) is 5.22. The molecule has 0 amide bonds. The van der Waals surface area contributed by atoms with Crippen LogP contribution in [0.4, 0.5) is 13.2 Å². The van der Waals surface area contributed by atoms with E-state index in [1.54, 1.807) is 11.3 Å². The van der Waals surface area contributed by atoms with Crippen LogP contribution in [0.15, 0.2) is 16.8 Å². The van der Waals surface area contributed by atoms with Crippen LogP contribution in [0, 0.1) is 0 Å². The molecule has 1 fully saturated rings. The molecular weight excluding hydrogens is 287 g/mol. The van der Waals surface area contributed by atoms with Crippen LogP contribution in [0.3, 0.4) is 0 Å². The van der Waals surface area contributed by atoms with Gasteiger partial charge in [-0.15, -0.1) is 0 Å². The Bertz CT molecular complexity index is 374. The Morgan fingerprint density at radius 1 is 1.40 bits per heavy atom. The lowest BCUT2D eigenvalue weighted by molar-refractivity contribution is -0.136. The zero-order valence-corrected chi connectivity index (χ0v) is 12.2. The maximum Gasteiger partial charge on any atom is 0.389 e. The van der Waals surface area contributed by atoms with E-state index in [1.165, 1.54) is 5.56 Å². The van der Waals surface area contributed by atoms with Crippen LogP contribution in [0.2, 0.25) is 0 Å².